The van der Waals surface area contributed by atoms with Crippen LogP contribution in [0.1, 0.15) is 25.1 Å². The lowest BCUT2D eigenvalue weighted by Crippen LogP contribution is -2.25. The SMILES string of the molecule is COC(=O)N(C)c1ccc(NC(=O)C=Cc2c(C)nn(CC(C)C)c2Cl)cc1. The standard InChI is InChI=1S/C20H25ClN4O3/c1-13(2)12-25-19(21)17(14(3)23-25)10-11-18(26)22-15-6-8-16(9-7-15)24(4)20(27)28-5/h6-11,13H,12H2,1-5H3,(H,22,26). The molecule has 0 aliphatic heterocycles. The van der Waals surface area contributed by atoms with Crippen LogP contribution >= 0.6 is 11.6 Å². The number of carbonyl (C=O) groups is 2. The first-order valence-electron chi connectivity index (χ1n) is 8.86. The first kappa shape index (κ1) is 21.5. The summed E-state index contributed by atoms with van der Waals surface area (Å²) in [4.78, 5) is 25.1. The Kier molecular flexibility index (Phi) is 7.23. The molecule has 1 aromatic heterocycles. The summed E-state index contributed by atoms with van der Waals surface area (Å²) in [7, 11) is 2.92. The summed E-state index contributed by atoms with van der Waals surface area (Å²) in [6.45, 7) is 6.75. The topological polar surface area (TPSA) is 76.5 Å². The van der Waals surface area contributed by atoms with Crippen molar-refractivity contribution in [1.82, 2.24) is 9.78 Å². The Balaban J connectivity index is 2.04. The minimum Gasteiger partial charge on any atom is -0.452 e. The Labute approximate surface area is 169 Å². The normalized spacial score (nSPS) is 11.1. The van der Waals surface area contributed by atoms with E-state index in [2.05, 4.69) is 29.0 Å². The molecule has 8 heteroatoms. The van der Waals surface area contributed by atoms with Gasteiger partial charge in [0.2, 0.25) is 5.91 Å². The quantitative estimate of drug-likeness (QED) is 0.726. The second kappa shape index (κ2) is 9.41. The predicted molar refractivity (Wildman–Crippen MR) is 112 cm³/mol. The summed E-state index contributed by atoms with van der Waals surface area (Å²) in [6.07, 6.45) is 2.62. The van der Waals surface area contributed by atoms with E-state index < -0.39 is 6.09 Å². The second-order valence-electron chi connectivity index (χ2n) is 6.76. The molecule has 0 saturated heterocycles. The van der Waals surface area contributed by atoms with E-state index in [0.29, 0.717) is 29.0 Å². The first-order valence-corrected chi connectivity index (χ1v) is 9.24. The van der Waals surface area contributed by atoms with Crippen molar-refractivity contribution in [3.63, 3.8) is 0 Å². The highest BCUT2D eigenvalue weighted by atomic mass is 35.5. The molecule has 1 aromatic carbocycles. The maximum Gasteiger partial charge on any atom is 0.413 e. The zero-order chi connectivity index (χ0) is 20.8. The molecule has 0 fully saturated rings. The van der Waals surface area contributed by atoms with E-state index in [1.165, 1.54) is 18.1 Å². The molecule has 2 rings (SSSR count). The summed E-state index contributed by atoms with van der Waals surface area (Å²) < 4.78 is 6.41. The van der Waals surface area contributed by atoms with Crippen LogP contribution in [0.4, 0.5) is 16.2 Å². The van der Waals surface area contributed by atoms with E-state index in [0.717, 1.165) is 11.3 Å². The van der Waals surface area contributed by atoms with Gasteiger partial charge in [0.25, 0.3) is 0 Å². The smallest absolute Gasteiger partial charge is 0.413 e. The molecule has 2 aromatic rings. The Morgan fingerprint density at radius 3 is 2.54 bits per heavy atom. The summed E-state index contributed by atoms with van der Waals surface area (Å²) in [5.41, 5.74) is 2.76. The van der Waals surface area contributed by atoms with Gasteiger partial charge in [-0.05, 0) is 43.2 Å². The minimum atomic E-state index is -0.468. The van der Waals surface area contributed by atoms with Gasteiger partial charge in [0.05, 0.1) is 12.8 Å². The van der Waals surface area contributed by atoms with Gasteiger partial charge in [0, 0.05) is 36.6 Å². The van der Waals surface area contributed by atoms with Gasteiger partial charge in [-0.2, -0.15) is 5.10 Å². The molecule has 0 unspecified atom stereocenters. The summed E-state index contributed by atoms with van der Waals surface area (Å²) >= 11 is 6.38. The number of hydrogen-bond donors (Lipinski definition) is 1. The predicted octanol–water partition coefficient (Wildman–Crippen LogP) is 4.36. The van der Waals surface area contributed by atoms with Gasteiger partial charge in [0.15, 0.2) is 0 Å². The van der Waals surface area contributed by atoms with E-state index in [9.17, 15) is 9.59 Å². The number of anilines is 2. The molecule has 150 valence electrons. The van der Waals surface area contributed by atoms with E-state index >= 15 is 0 Å². The maximum absolute atomic E-state index is 12.2. The van der Waals surface area contributed by atoms with Crippen molar-refractivity contribution in [2.75, 3.05) is 24.4 Å². The van der Waals surface area contributed by atoms with Crippen LogP contribution in [0, 0.1) is 12.8 Å². The van der Waals surface area contributed by atoms with Crippen LogP contribution in [-0.2, 0) is 16.1 Å². The number of amides is 2. The molecule has 1 heterocycles. The Hall–Kier alpha value is -2.80. The highest BCUT2D eigenvalue weighted by Gasteiger charge is 2.13. The average Bonchev–Trinajstić information content (AvgIpc) is 2.91. The van der Waals surface area contributed by atoms with Crippen molar-refractivity contribution >= 4 is 41.1 Å². The summed E-state index contributed by atoms with van der Waals surface area (Å²) in [6, 6.07) is 6.85. The fourth-order valence-electron chi connectivity index (χ4n) is 2.58. The third-order valence-electron chi connectivity index (χ3n) is 4.02. The number of aromatic nitrogens is 2. The first-order chi connectivity index (χ1) is 13.2. The molecule has 0 aliphatic carbocycles. The number of halogens is 1. The zero-order valence-corrected chi connectivity index (χ0v) is 17.4. The van der Waals surface area contributed by atoms with Crippen molar-refractivity contribution in [2.45, 2.75) is 27.3 Å². The largest absolute Gasteiger partial charge is 0.452 e. The lowest BCUT2D eigenvalue weighted by atomic mass is 10.2. The van der Waals surface area contributed by atoms with E-state index in [1.807, 2.05) is 6.92 Å². The van der Waals surface area contributed by atoms with Gasteiger partial charge < -0.3 is 10.1 Å². The van der Waals surface area contributed by atoms with E-state index in [4.69, 9.17) is 11.6 Å². The van der Waals surface area contributed by atoms with Gasteiger partial charge in [-0.25, -0.2) is 4.79 Å². The van der Waals surface area contributed by atoms with Gasteiger partial charge >= 0.3 is 6.09 Å². The third-order valence-corrected chi connectivity index (χ3v) is 4.42. The molecule has 0 aliphatic rings. The molecule has 0 bridgehead atoms. The third kappa shape index (κ3) is 5.36. The number of nitrogens with one attached hydrogen (secondary N) is 1. The zero-order valence-electron chi connectivity index (χ0n) is 16.7. The van der Waals surface area contributed by atoms with Gasteiger partial charge in [-0.15, -0.1) is 0 Å². The number of ether oxygens (including phenoxy) is 1. The molecular weight excluding hydrogens is 380 g/mol. The Morgan fingerprint density at radius 1 is 1.32 bits per heavy atom. The lowest BCUT2D eigenvalue weighted by Gasteiger charge is -2.15. The van der Waals surface area contributed by atoms with Crippen LogP contribution in [0.3, 0.4) is 0 Å². The number of carbonyl (C=O) groups excluding carboxylic acids is 2. The highest BCUT2D eigenvalue weighted by Crippen LogP contribution is 2.22. The Morgan fingerprint density at radius 2 is 1.96 bits per heavy atom. The van der Waals surface area contributed by atoms with Crippen LogP contribution in [-0.4, -0.2) is 35.9 Å². The minimum absolute atomic E-state index is 0.291. The van der Waals surface area contributed by atoms with Gasteiger partial charge in [0.1, 0.15) is 5.15 Å². The number of aryl methyl sites for hydroxylation is 1. The molecule has 0 atom stereocenters. The van der Waals surface area contributed by atoms with Crippen molar-refractivity contribution in [1.29, 1.82) is 0 Å². The number of methoxy groups -OCH3 is 1. The number of benzene rings is 1. The van der Waals surface area contributed by atoms with E-state index in [1.54, 1.807) is 42.1 Å². The van der Waals surface area contributed by atoms with Gasteiger partial charge in [-0.3, -0.25) is 14.4 Å². The average molecular weight is 405 g/mol. The number of rotatable bonds is 6. The molecule has 2 amide bonds. The molecule has 0 radical (unpaired) electrons. The van der Waals surface area contributed by atoms with Crippen LogP contribution in [0.5, 0.6) is 0 Å². The molecule has 7 nitrogen and oxygen atoms in total. The fourth-order valence-corrected chi connectivity index (χ4v) is 2.88. The van der Waals surface area contributed by atoms with Crippen molar-refractivity contribution in [3.8, 4) is 0 Å². The summed E-state index contributed by atoms with van der Waals surface area (Å²) in [5, 5.41) is 7.71. The molecular formula is C20H25ClN4O3. The maximum atomic E-state index is 12.2. The van der Waals surface area contributed by atoms with Crippen LogP contribution in [0.25, 0.3) is 6.08 Å². The van der Waals surface area contributed by atoms with Crippen LogP contribution in [0.2, 0.25) is 5.15 Å². The summed E-state index contributed by atoms with van der Waals surface area (Å²) in [5.74, 6) is 0.124. The van der Waals surface area contributed by atoms with Crippen LogP contribution in [0.15, 0.2) is 30.3 Å². The number of nitrogens with zero attached hydrogens (tertiary/aromatic N) is 3. The monoisotopic (exact) mass is 404 g/mol. The lowest BCUT2D eigenvalue weighted by molar-refractivity contribution is -0.111. The van der Waals surface area contributed by atoms with Crippen molar-refractivity contribution in [2.24, 2.45) is 5.92 Å². The van der Waals surface area contributed by atoms with Gasteiger partial charge in [-0.1, -0.05) is 25.4 Å². The van der Waals surface area contributed by atoms with E-state index in [-0.39, 0.29) is 5.91 Å². The Bertz CT molecular complexity index is 872. The molecule has 0 spiro atoms. The molecule has 0 saturated carbocycles. The highest BCUT2D eigenvalue weighted by molar-refractivity contribution is 6.31. The molecule has 1 N–H and O–H groups in total. The molecule has 28 heavy (non-hydrogen) atoms. The second-order valence-corrected chi connectivity index (χ2v) is 7.12. The van der Waals surface area contributed by atoms with Crippen LogP contribution < -0.4 is 10.2 Å². The number of hydrogen-bond acceptors (Lipinski definition) is 4. The van der Waals surface area contributed by atoms with Crippen molar-refractivity contribution in [3.05, 3.63) is 46.8 Å². The fraction of sp³-hybridized carbons (Fsp3) is 0.350. The van der Waals surface area contributed by atoms with Crippen molar-refractivity contribution < 1.29 is 14.3 Å².